The molecule has 1 heterocycles. The Kier molecular flexibility index (Phi) is 3.38. The zero-order chi connectivity index (χ0) is 13.2. The van der Waals surface area contributed by atoms with Crippen molar-refractivity contribution in [3.8, 4) is 0 Å². The largest absolute Gasteiger partial charge is 0.335 e. The Labute approximate surface area is 114 Å². The average molecular weight is 255 g/mol. The first kappa shape index (κ1) is 12.4. The van der Waals surface area contributed by atoms with Crippen molar-refractivity contribution < 1.29 is 0 Å². The number of nitrogens with two attached hydrogens (primary N) is 1. The van der Waals surface area contributed by atoms with Gasteiger partial charge in [0.05, 0.1) is 0 Å². The molecule has 0 saturated carbocycles. The molecule has 19 heavy (non-hydrogen) atoms. The van der Waals surface area contributed by atoms with Crippen LogP contribution >= 0.6 is 0 Å². The lowest BCUT2D eigenvalue weighted by molar-refractivity contribution is 0.463. The first-order valence-electron chi connectivity index (χ1n) is 7.13. The molecular weight excluding hydrogens is 234 g/mol. The predicted octanol–water partition coefficient (Wildman–Crippen LogP) is 2.50. The average Bonchev–Trinajstić information content (AvgIpc) is 2.79. The van der Waals surface area contributed by atoms with Crippen LogP contribution in [0.1, 0.15) is 36.2 Å². The van der Waals surface area contributed by atoms with Crippen molar-refractivity contribution in [1.29, 1.82) is 0 Å². The van der Waals surface area contributed by atoms with Crippen LogP contribution in [0, 0.1) is 0 Å². The second-order valence-electron chi connectivity index (χ2n) is 5.41. The fourth-order valence-corrected chi connectivity index (χ4v) is 3.01. The zero-order valence-electron chi connectivity index (χ0n) is 11.4. The second kappa shape index (κ2) is 5.17. The smallest absolute Gasteiger partial charge is 0.110 e. The van der Waals surface area contributed by atoms with Gasteiger partial charge in [0.2, 0.25) is 0 Å². The van der Waals surface area contributed by atoms with Crippen LogP contribution in [-0.2, 0) is 19.4 Å². The SMILES string of the molecule is CCCn1ccnc1CC(N)C1Cc2ccccc21. The third-order valence-electron chi connectivity index (χ3n) is 4.10. The van der Waals surface area contributed by atoms with Crippen molar-refractivity contribution in [3.63, 3.8) is 0 Å². The molecule has 3 nitrogen and oxygen atoms in total. The van der Waals surface area contributed by atoms with Crippen molar-refractivity contribution in [2.45, 2.75) is 44.7 Å². The van der Waals surface area contributed by atoms with Gasteiger partial charge in [0, 0.05) is 37.3 Å². The maximum Gasteiger partial charge on any atom is 0.110 e. The molecule has 0 saturated heterocycles. The van der Waals surface area contributed by atoms with Crippen molar-refractivity contribution in [2.75, 3.05) is 0 Å². The number of hydrogen-bond acceptors (Lipinski definition) is 2. The van der Waals surface area contributed by atoms with Gasteiger partial charge in [0.25, 0.3) is 0 Å². The van der Waals surface area contributed by atoms with Crippen LogP contribution in [0.2, 0.25) is 0 Å². The normalized spacial score (nSPS) is 18.7. The van der Waals surface area contributed by atoms with Crippen molar-refractivity contribution in [1.82, 2.24) is 9.55 Å². The van der Waals surface area contributed by atoms with Crippen LogP contribution in [0.15, 0.2) is 36.7 Å². The minimum Gasteiger partial charge on any atom is -0.335 e. The monoisotopic (exact) mass is 255 g/mol. The number of aryl methyl sites for hydroxylation is 1. The van der Waals surface area contributed by atoms with Crippen molar-refractivity contribution in [2.24, 2.45) is 5.73 Å². The van der Waals surface area contributed by atoms with E-state index in [-0.39, 0.29) is 6.04 Å². The molecule has 0 aliphatic heterocycles. The van der Waals surface area contributed by atoms with Crippen LogP contribution in [0.3, 0.4) is 0 Å². The van der Waals surface area contributed by atoms with Crippen LogP contribution in [0.4, 0.5) is 0 Å². The molecule has 0 bridgehead atoms. The predicted molar refractivity (Wildman–Crippen MR) is 77.1 cm³/mol. The van der Waals surface area contributed by atoms with Gasteiger partial charge in [-0.2, -0.15) is 0 Å². The fraction of sp³-hybridized carbons (Fsp3) is 0.438. The molecule has 2 atom stereocenters. The molecule has 1 aliphatic rings. The molecule has 3 rings (SSSR count). The molecule has 0 fully saturated rings. The second-order valence-corrected chi connectivity index (χ2v) is 5.41. The van der Waals surface area contributed by atoms with Gasteiger partial charge >= 0.3 is 0 Å². The molecule has 0 spiro atoms. The van der Waals surface area contributed by atoms with Gasteiger partial charge in [0.15, 0.2) is 0 Å². The summed E-state index contributed by atoms with van der Waals surface area (Å²) in [5.41, 5.74) is 9.29. The maximum atomic E-state index is 6.40. The summed E-state index contributed by atoms with van der Waals surface area (Å²) in [5, 5.41) is 0. The number of aromatic nitrogens is 2. The van der Waals surface area contributed by atoms with Crippen LogP contribution in [0.5, 0.6) is 0 Å². The molecule has 1 aliphatic carbocycles. The summed E-state index contributed by atoms with van der Waals surface area (Å²) in [4.78, 5) is 4.45. The van der Waals surface area contributed by atoms with Gasteiger partial charge in [-0.05, 0) is 24.0 Å². The summed E-state index contributed by atoms with van der Waals surface area (Å²) in [6, 6.07) is 8.80. The number of fused-ring (bicyclic) bond motifs is 1. The molecule has 1 aromatic heterocycles. The Bertz CT molecular complexity index is 559. The van der Waals surface area contributed by atoms with Crippen LogP contribution < -0.4 is 5.73 Å². The van der Waals surface area contributed by atoms with Crippen molar-refractivity contribution >= 4 is 0 Å². The van der Waals surface area contributed by atoms with Gasteiger partial charge < -0.3 is 10.3 Å². The van der Waals surface area contributed by atoms with Crippen LogP contribution in [0.25, 0.3) is 0 Å². The summed E-state index contributed by atoms with van der Waals surface area (Å²) in [7, 11) is 0. The highest BCUT2D eigenvalue weighted by atomic mass is 15.1. The molecule has 100 valence electrons. The fourth-order valence-electron chi connectivity index (χ4n) is 3.01. The minimum atomic E-state index is 0.174. The van der Waals surface area contributed by atoms with E-state index < -0.39 is 0 Å². The number of nitrogens with zero attached hydrogens (tertiary/aromatic N) is 2. The summed E-state index contributed by atoms with van der Waals surface area (Å²) >= 11 is 0. The molecule has 2 aromatic rings. The Morgan fingerprint density at radius 1 is 1.42 bits per heavy atom. The van der Waals surface area contributed by atoms with E-state index in [4.69, 9.17) is 5.73 Å². The van der Waals surface area contributed by atoms with E-state index in [0.29, 0.717) is 5.92 Å². The highest BCUT2D eigenvalue weighted by Gasteiger charge is 2.31. The van der Waals surface area contributed by atoms with Gasteiger partial charge in [-0.15, -0.1) is 0 Å². The van der Waals surface area contributed by atoms with Gasteiger partial charge in [-0.1, -0.05) is 31.2 Å². The van der Waals surface area contributed by atoms with Crippen molar-refractivity contribution in [3.05, 3.63) is 53.6 Å². The lowest BCUT2D eigenvalue weighted by Crippen LogP contribution is -2.37. The first-order chi connectivity index (χ1) is 9.29. The van der Waals surface area contributed by atoms with E-state index in [9.17, 15) is 0 Å². The summed E-state index contributed by atoms with van der Waals surface area (Å²) in [6.07, 6.45) is 7.05. The Morgan fingerprint density at radius 3 is 3.05 bits per heavy atom. The summed E-state index contributed by atoms with van der Waals surface area (Å²) in [6.45, 7) is 3.22. The third kappa shape index (κ3) is 2.30. The molecular formula is C16H21N3. The third-order valence-corrected chi connectivity index (χ3v) is 4.10. The lowest BCUT2D eigenvalue weighted by Gasteiger charge is -2.34. The topological polar surface area (TPSA) is 43.8 Å². The van der Waals surface area contributed by atoms with E-state index in [1.165, 1.54) is 11.1 Å². The number of imidazole rings is 1. The molecule has 0 amide bonds. The Hall–Kier alpha value is -1.61. The minimum absolute atomic E-state index is 0.174. The van der Waals surface area contributed by atoms with Gasteiger partial charge in [-0.3, -0.25) is 0 Å². The van der Waals surface area contributed by atoms with Gasteiger partial charge in [-0.25, -0.2) is 4.98 Å². The number of hydrogen-bond donors (Lipinski definition) is 1. The van der Waals surface area contributed by atoms with E-state index in [1.54, 1.807) is 0 Å². The summed E-state index contributed by atoms with van der Waals surface area (Å²) < 4.78 is 2.23. The summed E-state index contributed by atoms with van der Waals surface area (Å²) in [5.74, 6) is 1.63. The van der Waals surface area contributed by atoms with Crippen LogP contribution in [-0.4, -0.2) is 15.6 Å². The lowest BCUT2D eigenvalue weighted by atomic mass is 9.73. The molecule has 3 heteroatoms. The van der Waals surface area contributed by atoms with E-state index >= 15 is 0 Å². The highest BCUT2D eigenvalue weighted by Crippen LogP contribution is 2.37. The van der Waals surface area contributed by atoms with Gasteiger partial charge in [0.1, 0.15) is 5.82 Å². The Morgan fingerprint density at radius 2 is 2.26 bits per heavy atom. The highest BCUT2D eigenvalue weighted by molar-refractivity contribution is 5.41. The molecule has 2 unspecified atom stereocenters. The molecule has 0 radical (unpaired) electrons. The first-order valence-corrected chi connectivity index (χ1v) is 7.13. The standard InChI is InChI=1S/C16H21N3/c1-2-8-19-9-7-18-16(19)11-15(17)14-10-12-5-3-4-6-13(12)14/h3-7,9,14-15H,2,8,10-11,17H2,1H3. The zero-order valence-corrected chi connectivity index (χ0v) is 11.4. The Balaban J connectivity index is 1.70. The quantitative estimate of drug-likeness (QED) is 0.892. The number of rotatable bonds is 5. The molecule has 1 aromatic carbocycles. The van der Waals surface area contributed by atoms with E-state index in [1.807, 2.05) is 6.20 Å². The maximum absolute atomic E-state index is 6.40. The van der Waals surface area contributed by atoms with E-state index in [2.05, 4.69) is 46.9 Å². The van der Waals surface area contributed by atoms with E-state index in [0.717, 1.165) is 31.6 Å². The molecule has 2 N–H and O–H groups in total. The number of benzene rings is 1.